The largest absolute Gasteiger partial charge is 0.367 e. The molecule has 0 fully saturated rings. The second-order valence-electron chi connectivity index (χ2n) is 3.76. The molecule has 0 atom stereocenters. The summed E-state index contributed by atoms with van der Waals surface area (Å²) in [7, 11) is 0. The molecule has 1 aromatic rings. The third-order valence-electron chi connectivity index (χ3n) is 2.68. The number of unbranched alkanes of at least 4 members (excludes halogenated alkanes) is 1. The molecule has 2 heteroatoms. The van der Waals surface area contributed by atoms with E-state index in [1.54, 1.807) is 0 Å². The molecule has 0 saturated carbocycles. The minimum Gasteiger partial charge on any atom is -0.367 e. The number of nitrogens with zero attached hydrogens (tertiary/aromatic N) is 1. The third-order valence-corrected chi connectivity index (χ3v) is 2.68. The molecule has 0 saturated heterocycles. The van der Waals surface area contributed by atoms with Gasteiger partial charge < -0.3 is 4.90 Å². The zero-order valence-corrected chi connectivity index (χ0v) is 11.5. The minimum absolute atomic E-state index is 0. The Balaban J connectivity index is 0.00000112. The second-order valence-corrected chi connectivity index (χ2v) is 3.76. The second kappa shape index (κ2) is 6.16. The molecule has 82 valence electrons. The van der Waals surface area contributed by atoms with Gasteiger partial charge in [0.05, 0.1) is 0 Å². The predicted octanol–water partition coefficient (Wildman–Crippen LogP) is 3.94. The van der Waals surface area contributed by atoms with Crippen molar-refractivity contribution < 1.29 is 0 Å². The Morgan fingerprint density at radius 1 is 1.27 bits per heavy atom. The van der Waals surface area contributed by atoms with Crippen LogP contribution in [0, 0.1) is 0 Å². The summed E-state index contributed by atoms with van der Waals surface area (Å²) in [5.41, 5.74) is 2.75. The Labute approximate surface area is 109 Å². The average molecular weight is 315 g/mol. The van der Waals surface area contributed by atoms with E-state index in [0.717, 1.165) is 6.54 Å². The maximum Gasteiger partial charge on any atom is 0.0442 e. The van der Waals surface area contributed by atoms with Crippen molar-refractivity contribution in [2.75, 3.05) is 18.0 Å². The van der Waals surface area contributed by atoms with E-state index in [-0.39, 0.29) is 24.0 Å². The van der Waals surface area contributed by atoms with Crippen LogP contribution in [0.4, 0.5) is 5.69 Å². The first-order valence-corrected chi connectivity index (χ1v) is 5.42. The van der Waals surface area contributed by atoms with E-state index in [1.807, 2.05) is 0 Å². The van der Waals surface area contributed by atoms with Crippen molar-refractivity contribution in [3.63, 3.8) is 0 Å². The van der Waals surface area contributed by atoms with Crippen LogP contribution in [0.3, 0.4) is 0 Å². The lowest BCUT2D eigenvalue weighted by atomic mass is 10.1. The summed E-state index contributed by atoms with van der Waals surface area (Å²) in [6.45, 7) is 4.49. The Bertz CT molecular complexity index is 333. The lowest BCUT2D eigenvalue weighted by Crippen LogP contribution is -2.26. The van der Waals surface area contributed by atoms with Crippen LogP contribution >= 0.6 is 24.0 Å². The molecule has 0 N–H and O–H groups in total. The molecular weight excluding hydrogens is 297 g/mol. The summed E-state index contributed by atoms with van der Waals surface area (Å²) in [6.07, 6.45) is 7.01. The van der Waals surface area contributed by atoms with E-state index in [4.69, 9.17) is 0 Å². The van der Waals surface area contributed by atoms with E-state index in [0.29, 0.717) is 0 Å². The number of benzene rings is 1. The molecule has 0 amide bonds. The van der Waals surface area contributed by atoms with Gasteiger partial charge >= 0.3 is 0 Å². The lowest BCUT2D eigenvalue weighted by Gasteiger charge is -2.27. The molecule has 0 unspecified atom stereocenters. The molecule has 0 spiro atoms. The van der Waals surface area contributed by atoms with Crippen LogP contribution in [0.15, 0.2) is 30.3 Å². The fourth-order valence-corrected chi connectivity index (χ4v) is 1.88. The maximum atomic E-state index is 2.46. The standard InChI is InChI=1S/C13H17N.HI/c1-2-3-10-14-11-6-8-12-7-4-5-9-13(12)14;/h4-9H,2-3,10-11H2,1H3;1H. The van der Waals surface area contributed by atoms with Crippen molar-refractivity contribution in [1.82, 2.24) is 0 Å². The number of hydrogen-bond acceptors (Lipinski definition) is 1. The molecule has 0 radical (unpaired) electrons. The zero-order valence-electron chi connectivity index (χ0n) is 9.15. The van der Waals surface area contributed by atoms with E-state index in [9.17, 15) is 0 Å². The van der Waals surface area contributed by atoms with Crippen LogP contribution in [0.5, 0.6) is 0 Å². The molecule has 0 aliphatic carbocycles. The summed E-state index contributed by atoms with van der Waals surface area (Å²) >= 11 is 0. The smallest absolute Gasteiger partial charge is 0.0442 e. The summed E-state index contributed by atoms with van der Waals surface area (Å²) in [5.74, 6) is 0. The number of hydrogen-bond donors (Lipinski definition) is 0. The summed E-state index contributed by atoms with van der Waals surface area (Å²) < 4.78 is 0. The van der Waals surface area contributed by atoms with Crippen LogP contribution in [0.25, 0.3) is 6.08 Å². The number of anilines is 1. The fourth-order valence-electron chi connectivity index (χ4n) is 1.88. The van der Waals surface area contributed by atoms with Crippen molar-refractivity contribution in [2.24, 2.45) is 0 Å². The van der Waals surface area contributed by atoms with Crippen LogP contribution in [0.2, 0.25) is 0 Å². The zero-order chi connectivity index (χ0) is 9.80. The van der Waals surface area contributed by atoms with Crippen LogP contribution in [-0.4, -0.2) is 13.1 Å². The van der Waals surface area contributed by atoms with Gasteiger partial charge in [0.15, 0.2) is 0 Å². The normalized spacial score (nSPS) is 13.3. The Morgan fingerprint density at radius 3 is 2.87 bits per heavy atom. The van der Waals surface area contributed by atoms with Gasteiger partial charge in [-0.1, -0.05) is 43.7 Å². The highest BCUT2D eigenvalue weighted by atomic mass is 127. The van der Waals surface area contributed by atoms with Crippen molar-refractivity contribution in [1.29, 1.82) is 0 Å². The van der Waals surface area contributed by atoms with Crippen LogP contribution in [0.1, 0.15) is 25.3 Å². The highest BCUT2D eigenvalue weighted by molar-refractivity contribution is 14.0. The summed E-state index contributed by atoms with van der Waals surface area (Å²) in [5, 5.41) is 0. The Hall–Kier alpha value is -0.510. The van der Waals surface area contributed by atoms with Gasteiger partial charge in [-0.15, -0.1) is 24.0 Å². The predicted molar refractivity (Wildman–Crippen MR) is 78.0 cm³/mol. The molecule has 2 rings (SSSR count). The Kier molecular flexibility index (Phi) is 5.15. The molecule has 1 heterocycles. The van der Waals surface area contributed by atoms with Gasteiger partial charge in [0.2, 0.25) is 0 Å². The van der Waals surface area contributed by atoms with Gasteiger partial charge in [0, 0.05) is 18.8 Å². The topological polar surface area (TPSA) is 3.24 Å². The Morgan fingerprint density at radius 2 is 2.07 bits per heavy atom. The molecular formula is C13H18IN. The first-order chi connectivity index (χ1) is 6.92. The summed E-state index contributed by atoms with van der Waals surface area (Å²) in [4.78, 5) is 2.46. The van der Waals surface area contributed by atoms with Crippen LogP contribution in [-0.2, 0) is 0 Å². The molecule has 15 heavy (non-hydrogen) atoms. The van der Waals surface area contributed by atoms with E-state index >= 15 is 0 Å². The molecule has 1 aliphatic heterocycles. The van der Waals surface area contributed by atoms with Gasteiger partial charge in [-0.2, -0.15) is 0 Å². The van der Waals surface area contributed by atoms with E-state index in [2.05, 4.69) is 48.2 Å². The average Bonchev–Trinajstić information content (AvgIpc) is 2.26. The maximum absolute atomic E-state index is 2.46. The molecule has 1 aliphatic rings. The molecule has 0 aromatic heterocycles. The van der Waals surface area contributed by atoms with E-state index < -0.39 is 0 Å². The van der Waals surface area contributed by atoms with Gasteiger partial charge in [-0.3, -0.25) is 0 Å². The van der Waals surface area contributed by atoms with Gasteiger partial charge in [0.1, 0.15) is 0 Å². The van der Waals surface area contributed by atoms with Gasteiger partial charge in [-0.25, -0.2) is 0 Å². The highest BCUT2D eigenvalue weighted by Crippen LogP contribution is 2.25. The van der Waals surface area contributed by atoms with Crippen molar-refractivity contribution in [3.8, 4) is 0 Å². The first-order valence-electron chi connectivity index (χ1n) is 5.42. The molecule has 0 bridgehead atoms. The van der Waals surface area contributed by atoms with Crippen molar-refractivity contribution >= 4 is 35.7 Å². The fraction of sp³-hybridized carbons (Fsp3) is 0.385. The lowest BCUT2D eigenvalue weighted by molar-refractivity contribution is 0.744. The number of fused-ring (bicyclic) bond motifs is 1. The third kappa shape index (κ3) is 2.97. The SMILES string of the molecule is CCCCN1CC=Cc2ccccc21.I. The van der Waals surface area contributed by atoms with Gasteiger partial charge in [-0.05, 0) is 18.1 Å². The minimum atomic E-state index is 0. The van der Waals surface area contributed by atoms with Crippen LogP contribution < -0.4 is 4.90 Å². The molecule has 1 aromatic carbocycles. The van der Waals surface area contributed by atoms with Gasteiger partial charge in [0.25, 0.3) is 0 Å². The number of rotatable bonds is 3. The van der Waals surface area contributed by atoms with E-state index in [1.165, 1.54) is 30.6 Å². The van der Waals surface area contributed by atoms with Crippen molar-refractivity contribution in [3.05, 3.63) is 35.9 Å². The number of para-hydroxylation sites is 1. The number of halogens is 1. The van der Waals surface area contributed by atoms with Crippen molar-refractivity contribution in [2.45, 2.75) is 19.8 Å². The summed E-state index contributed by atoms with van der Waals surface area (Å²) in [6, 6.07) is 8.63. The monoisotopic (exact) mass is 315 g/mol. The highest BCUT2D eigenvalue weighted by Gasteiger charge is 2.10. The quantitative estimate of drug-likeness (QED) is 0.764. The first kappa shape index (κ1) is 12.6. The molecule has 1 nitrogen and oxygen atoms in total.